The number of barbiturate groups is 1. The Hall–Kier alpha value is -3.42. The van der Waals surface area contributed by atoms with Crippen LogP contribution >= 0.6 is 23.2 Å². The first-order chi connectivity index (χ1) is 14.8. The molecule has 0 spiro atoms. The molecular weight excluding hydrogens is 444 g/mol. The minimum Gasteiger partial charge on any atom is -0.344 e. The first-order valence-electron chi connectivity index (χ1n) is 9.09. The lowest BCUT2D eigenvalue weighted by atomic mass is 10.1. The molecule has 2 aromatic carbocycles. The van der Waals surface area contributed by atoms with Crippen LogP contribution < -0.4 is 10.2 Å². The Morgan fingerprint density at radius 2 is 1.71 bits per heavy atom. The summed E-state index contributed by atoms with van der Waals surface area (Å²) in [4.78, 5) is 38.4. The highest BCUT2D eigenvalue weighted by Gasteiger charge is 2.37. The van der Waals surface area contributed by atoms with E-state index in [1.54, 1.807) is 30.5 Å². The van der Waals surface area contributed by atoms with Gasteiger partial charge in [-0.25, -0.2) is 14.1 Å². The number of nitrogens with zero attached hydrogens (tertiary/aromatic N) is 2. The van der Waals surface area contributed by atoms with E-state index in [0.29, 0.717) is 22.3 Å². The molecule has 0 atom stereocenters. The molecule has 6 nitrogen and oxygen atoms in total. The predicted molar refractivity (Wildman–Crippen MR) is 115 cm³/mol. The zero-order valence-corrected chi connectivity index (χ0v) is 17.3. The lowest BCUT2D eigenvalue weighted by molar-refractivity contribution is -0.122. The molecular formula is C22H14Cl2FN3O3. The van der Waals surface area contributed by atoms with E-state index < -0.39 is 23.7 Å². The third-order valence-electron chi connectivity index (χ3n) is 4.68. The lowest BCUT2D eigenvalue weighted by Gasteiger charge is -2.26. The van der Waals surface area contributed by atoms with Crippen molar-refractivity contribution in [2.75, 3.05) is 4.90 Å². The molecule has 4 amide bonds. The van der Waals surface area contributed by atoms with Crippen LogP contribution in [0.2, 0.25) is 10.0 Å². The van der Waals surface area contributed by atoms with E-state index in [2.05, 4.69) is 5.32 Å². The smallest absolute Gasteiger partial charge is 0.335 e. The molecule has 0 aliphatic carbocycles. The van der Waals surface area contributed by atoms with Gasteiger partial charge in [0.05, 0.1) is 15.7 Å². The summed E-state index contributed by atoms with van der Waals surface area (Å²) in [6, 6.07) is 12.6. The van der Waals surface area contributed by atoms with Gasteiger partial charge in [-0.05, 0) is 60.2 Å². The molecule has 1 aliphatic rings. The van der Waals surface area contributed by atoms with Gasteiger partial charge in [-0.2, -0.15) is 0 Å². The number of hydrogen-bond acceptors (Lipinski definition) is 3. The minimum atomic E-state index is -0.898. The van der Waals surface area contributed by atoms with Gasteiger partial charge in [0.25, 0.3) is 11.8 Å². The van der Waals surface area contributed by atoms with Crippen LogP contribution in [0.15, 0.2) is 66.4 Å². The number of carbonyl (C=O) groups excluding carboxylic acids is 3. The van der Waals surface area contributed by atoms with Crippen molar-refractivity contribution in [2.24, 2.45) is 0 Å². The minimum absolute atomic E-state index is 0.147. The lowest BCUT2D eigenvalue weighted by Crippen LogP contribution is -2.54. The SMILES string of the molecule is O=C1NC(=O)N(c2ccc(F)cc2)C(=O)/C1=C/c1cccn1Cc1ccc(Cl)c(Cl)c1. The number of halogens is 3. The largest absolute Gasteiger partial charge is 0.344 e. The molecule has 156 valence electrons. The number of benzene rings is 2. The summed E-state index contributed by atoms with van der Waals surface area (Å²) in [6.07, 6.45) is 3.18. The van der Waals surface area contributed by atoms with E-state index in [1.807, 2.05) is 10.6 Å². The number of imide groups is 2. The van der Waals surface area contributed by atoms with Crippen molar-refractivity contribution in [1.82, 2.24) is 9.88 Å². The van der Waals surface area contributed by atoms with E-state index in [1.165, 1.54) is 18.2 Å². The molecule has 1 N–H and O–H groups in total. The Balaban J connectivity index is 1.66. The highest BCUT2D eigenvalue weighted by atomic mass is 35.5. The second-order valence-corrected chi connectivity index (χ2v) is 7.56. The second kappa shape index (κ2) is 8.37. The van der Waals surface area contributed by atoms with Crippen molar-refractivity contribution in [3.63, 3.8) is 0 Å². The number of amides is 4. The molecule has 0 radical (unpaired) electrons. The van der Waals surface area contributed by atoms with E-state index in [-0.39, 0.29) is 11.3 Å². The topological polar surface area (TPSA) is 71.4 Å². The molecule has 2 heterocycles. The number of hydrogen-bond donors (Lipinski definition) is 1. The average Bonchev–Trinajstić information content (AvgIpc) is 3.16. The predicted octanol–water partition coefficient (Wildman–Crippen LogP) is 4.65. The molecule has 1 aliphatic heterocycles. The maximum absolute atomic E-state index is 13.2. The quantitative estimate of drug-likeness (QED) is 0.457. The van der Waals surface area contributed by atoms with E-state index >= 15 is 0 Å². The van der Waals surface area contributed by atoms with Crippen molar-refractivity contribution in [3.8, 4) is 0 Å². The Morgan fingerprint density at radius 1 is 0.968 bits per heavy atom. The average molecular weight is 458 g/mol. The highest BCUT2D eigenvalue weighted by Crippen LogP contribution is 2.25. The van der Waals surface area contributed by atoms with E-state index in [4.69, 9.17) is 23.2 Å². The molecule has 0 bridgehead atoms. The third-order valence-corrected chi connectivity index (χ3v) is 5.42. The van der Waals surface area contributed by atoms with Gasteiger partial charge in [-0.3, -0.25) is 14.9 Å². The fraction of sp³-hybridized carbons (Fsp3) is 0.0455. The van der Waals surface area contributed by atoms with Crippen molar-refractivity contribution < 1.29 is 18.8 Å². The standard InChI is InChI=1S/C22H14Cl2FN3O3/c23-18-8-3-13(10-19(18)24)12-27-9-1-2-16(27)11-17-20(29)26-22(31)28(21(17)30)15-6-4-14(25)5-7-15/h1-11H,12H2,(H,26,29,31)/b17-11+. The summed E-state index contributed by atoms with van der Waals surface area (Å²) in [5, 5.41) is 3.00. The van der Waals surface area contributed by atoms with Crippen LogP contribution in [0.25, 0.3) is 6.08 Å². The number of aromatic nitrogens is 1. The monoisotopic (exact) mass is 457 g/mol. The van der Waals surface area contributed by atoms with Gasteiger partial charge in [0.2, 0.25) is 0 Å². The number of nitrogens with one attached hydrogen (secondary N) is 1. The maximum atomic E-state index is 13.2. The molecule has 1 saturated heterocycles. The molecule has 4 rings (SSSR count). The summed E-state index contributed by atoms with van der Waals surface area (Å²) >= 11 is 12.0. The van der Waals surface area contributed by atoms with Gasteiger partial charge in [-0.15, -0.1) is 0 Å². The Kier molecular flexibility index (Phi) is 5.63. The fourth-order valence-corrected chi connectivity index (χ4v) is 3.49. The summed E-state index contributed by atoms with van der Waals surface area (Å²) in [7, 11) is 0. The first-order valence-corrected chi connectivity index (χ1v) is 9.85. The van der Waals surface area contributed by atoms with Crippen molar-refractivity contribution >= 4 is 52.8 Å². The maximum Gasteiger partial charge on any atom is 0.335 e. The van der Waals surface area contributed by atoms with Gasteiger partial charge < -0.3 is 4.57 Å². The summed E-state index contributed by atoms with van der Waals surface area (Å²) in [5.41, 5.74) is 1.36. The Morgan fingerprint density at radius 3 is 2.42 bits per heavy atom. The van der Waals surface area contributed by atoms with Crippen LogP contribution in [0.4, 0.5) is 14.9 Å². The van der Waals surface area contributed by atoms with Crippen LogP contribution in [0.5, 0.6) is 0 Å². The fourth-order valence-electron chi connectivity index (χ4n) is 3.17. The zero-order valence-electron chi connectivity index (χ0n) is 15.8. The summed E-state index contributed by atoms with van der Waals surface area (Å²) in [6.45, 7) is 0.416. The molecule has 1 fully saturated rings. The second-order valence-electron chi connectivity index (χ2n) is 6.74. The molecule has 9 heteroatoms. The number of anilines is 1. The van der Waals surface area contributed by atoms with E-state index in [9.17, 15) is 18.8 Å². The van der Waals surface area contributed by atoms with Crippen LogP contribution in [-0.2, 0) is 16.1 Å². The highest BCUT2D eigenvalue weighted by molar-refractivity contribution is 6.42. The van der Waals surface area contributed by atoms with Crippen LogP contribution in [0.3, 0.4) is 0 Å². The molecule has 1 aromatic heterocycles. The van der Waals surface area contributed by atoms with Gasteiger partial charge in [0.15, 0.2) is 0 Å². The Labute approximate surface area is 186 Å². The van der Waals surface area contributed by atoms with Gasteiger partial charge in [-0.1, -0.05) is 29.3 Å². The number of urea groups is 1. The van der Waals surface area contributed by atoms with Crippen LogP contribution in [0, 0.1) is 5.82 Å². The molecule has 3 aromatic rings. The number of rotatable bonds is 4. The molecule has 0 unspecified atom stereocenters. The van der Waals surface area contributed by atoms with Crippen molar-refractivity contribution in [3.05, 3.63) is 93.5 Å². The zero-order chi connectivity index (χ0) is 22.1. The Bertz CT molecular complexity index is 1240. The number of carbonyl (C=O) groups is 3. The first kappa shape index (κ1) is 20.8. The molecule has 0 saturated carbocycles. The van der Waals surface area contributed by atoms with Crippen molar-refractivity contribution in [1.29, 1.82) is 0 Å². The van der Waals surface area contributed by atoms with Gasteiger partial charge in [0.1, 0.15) is 11.4 Å². The summed E-state index contributed by atoms with van der Waals surface area (Å²) in [5.74, 6) is -2.13. The third kappa shape index (κ3) is 4.23. The van der Waals surface area contributed by atoms with Gasteiger partial charge in [0, 0.05) is 18.4 Å². The van der Waals surface area contributed by atoms with Crippen LogP contribution in [-0.4, -0.2) is 22.4 Å². The van der Waals surface area contributed by atoms with Gasteiger partial charge >= 0.3 is 6.03 Å². The van der Waals surface area contributed by atoms with Crippen molar-refractivity contribution in [2.45, 2.75) is 6.54 Å². The summed E-state index contributed by atoms with van der Waals surface area (Å²) < 4.78 is 15.0. The van der Waals surface area contributed by atoms with Crippen LogP contribution in [0.1, 0.15) is 11.3 Å². The molecule has 31 heavy (non-hydrogen) atoms. The normalized spacial score (nSPS) is 15.5. The van der Waals surface area contributed by atoms with E-state index in [0.717, 1.165) is 22.6 Å².